The van der Waals surface area contributed by atoms with Gasteiger partial charge >= 0.3 is 11.9 Å². The maximum absolute atomic E-state index is 12.5. The number of rotatable bonds is 3. The Labute approximate surface area is 96.0 Å². The van der Waals surface area contributed by atoms with Crippen LogP contribution in [0, 0.1) is 10.1 Å². The van der Waals surface area contributed by atoms with Gasteiger partial charge in [0.15, 0.2) is 0 Å². The predicted molar refractivity (Wildman–Crippen MR) is 46.8 cm³/mol. The van der Waals surface area contributed by atoms with E-state index in [0.717, 1.165) is 0 Å². The zero-order chi connectivity index (χ0) is 14.1. The lowest BCUT2D eigenvalue weighted by Gasteiger charge is -2.10. The molecule has 0 atom stereocenters. The average Bonchev–Trinajstić information content (AvgIpc) is 2.25. The Balaban J connectivity index is 3.59. The van der Waals surface area contributed by atoms with Crippen molar-refractivity contribution in [3.8, 4) is 0 Å². The number of hydrogen-bond acceptors (Lipinski definition) is 4. The smallest absolute Gasteiger partial charge is 0.390 e. The van der Waals surface area contributed by atoms with Crippen molar-refractivity contribution in [2.45, 2.75) is 19.2 Å². The molecule has 1 rings (SSSR count). The maximum atomic E-state index is 12.5. The first kappa shape index (κ1) is 14.2. The number of aromatic nitrogens is 1. The fourth-order valence-corrected chi connectivity index (χ4v) is 1.25. The third kappa shape index (κ3) is 2.70. The Morgan fingerprint density at radius 1 is 1.44 bits per heavy atom. The van der Waals surface area contributed by atoms with E-state index < -0.39 is 46.8 Å². The third-order valence-corrected chi connectivity index (χ3v) is 1.95. The lowest BCUT2D eigenvalue weighted by atomic mass is 10.1. The van der Waals surface area contributed by atoms with E-state index >= 15 is 0 Å². The largest absolute Gasteiger partial charge is 0.433 e. The Kier molecular flexibility index (Phi) is 3.79. The SMILES string of the molecule is O=[N+]([O-])c1c(C(F)F)cc(C(F)(F)F)nc1CO. The molecule has 0 fully saturated rings. The molecule has 1 aromatic rings. The molecule has 0 unspecified atom stereocenters. The monoisotopic (exact) mass is 272 g/mol. The van der Waals surface area contributed by atoms with Crippen molar-refractivity contribution in [1.82, 2.24) is 4.98 Å². The standard InChI is InChI=1S/C8H5F5N2O3/c9-7(10)3-1-5(8(11,12)13)14-4(2-16)6(3)15(17)18/h1,7,16H,2H2. The van der Waals surface area contributed by atoms with Crippen molar-refractivity contribution in [2.75, 3.05) is 0 Å². The zero-order valence-electron chi connectivity index (χ0n) is 8.41. The minimum absolute atomic E-state index is 0.0953. The second-order valence-corrected chi connectivity index (χ2v) is 3.11. The fraction of sp³-hybridized carbons (Fsp3) is 0.375. The van der Waals surface area contributed by atoms with E-state index in [1.165, 1.54) is 0 Å². The van der Waals surface area contributed by atoms with Crippen LogP contribution in [-0.4, -0.2) is 15.0 Å². The van der Waals surface area contributed by atoms with Crippen molar-refractivity contribution in [3.63, 3.8) is 0 Å². The number of halogens is 5. The first-order chi connectivity index (χ1) is 8.18. The van der Waals surface area contributed by atoms with Crippen LogP contribution in [-0.2, 0) is 12.8 Å². The van der Waals surface area contributed by atoms with Crippen molar-refractivity contribution in [1.29, 1.82) is 0 Å². The molecule has 18 heavy (non-hydrogen) atoms. The number of aliphatic hydroxyl groups is 1. The van der Waals surface area contributed by atoms with Gasteiger partial charge in [0.25, 0.3) is 6.43 Å². The molecule has 0 aliphatic heterocycles. The topological polar surface area (TPSA) is 76.3 Å². The molecular weight excluding hydrogens is 267 g/mol. The van der Waals surface area contributed by atoms with Crippen LogP contribution < -0.4 is 0 Å². The highest BCUT2D eigenvalue weighted by atomic mass is 19.4. The molecular formula is C8H5F5N2O3. The van der Waals surface area contributed by atoms with Crippen LogP contribution in [0.2, 0.25) is 0 Å². The summed E-state index contributed by atoms with van der Waals surface area (Å²) in [5.41, 5.74) is -5.50. The van der Waals surface area contributed by atoms with Crippen molar-refractivity contribution in [2.24, 2.45) is 0 Å². The van der Waals surface area contributed by atoms with Gasteiger partial charge < -0.3 is 5.11 Å². The lowest BCUT2D eigenvalue weighted by molar-refractivity contribution is -0.387. The van der Waals surface area contributed by atoms with E-state index in [4.69, 9.17) is 5.11 Å². The van der Waals surface area contributed by atoms with Crippen molar-refractivity contribution >= 4 is 5.69 Å². The first-order valence-electron chi connectivity index (χ1n) is 4.33. The molecule has 100 valence electrons. The van der Waals surface area contributed by atoms with E-state index in [2.05, 4.69) is 4.98 Å². The predicted octanol–water partition coefficient (Wildman–Crippen LogP) is 2.44. The Morgan fingerprint density at radius 2 is 2.00 bits per heavy atom. The summed E-state index contributed by atoms with van der Waals surface area (Å²) in [6, 6.07) is -0.0953. The normalized spacial score (nSPS) is 11.9. The van der Waals surface area contributed by atoms with Crippen LogP contribution in [0.4, 0.5) is 27.6 Å². The Hall–Kier alpha value is -1.84. The average molecular weight is 272 g/mol. The third-order valence-electron chi connectivity index (χ3n) is 1.95. The van der Waals surface area contributed by atoms with Gasteiger partial charge in [0.2, 0.25) is 0 Å². The number of nitro groups is 1. The lowest BCUT2D eigenvalue weighted by Crippen LogP contribution is -2.13. The van der Waals surface area contributed by atoms with Crippen LogP contribution in [0.3, 0.4) is 0 Å². The summed E-state index contributed by atoms with van der Waals surface area (Å²) < 4.78 is 61.9. The zero-order valence-corrected chi connectivity index (χ0v) is 8.41. The van der Waals surface area contributed by atoms with Gasteiger partial charge in [0.05, 0.1) is 17.1 Å². The second kappa shape index (κ2) is 4.80. The summed E-state index contributed by atoms with van der Waals surface area (Å²) in [5.74, 6) is 0. The summed E-state index contributed by atoms with van der Waals surface area (Å²) in [6.07, 6.45) is -8.53. The first-order valence-corrected chi connectivity index (χ1v) is 4.33. The number of alkyl halides is 5. The van der Waals surface area contributed by atoms with Crippen LogP contribution in [0.15, 0.2) is 6.07 Å². The van der Waals surface area contributed by atoms with Crippen LogP contribution in [0.5, 0.6) is 0 Å². The molecule has 1 heterocycles. The quantitative estimate of drug-likeness (QED) is 0.521. The van der Waals surface area contributed by atoms with Gasteiger partial charge in [0, 0.05) is 0 Å². The summed E-state index contributed by atoms with van der Waals surface area (Å²) in [5, 5.41) is 19.2. The van der Waals surface area contributed by atoms with Crippen LogP contribution in [0.1, 0.15) is 23.4 Å². The molecule has 0 spiro atoms. The van der Waals surface area contributed by atoms with E-state index in [0.29, 0.717) is 0 Å². The van der Waals surface area contributed by atoms with E-state index in [9.17, 15) is 32.1 Å². The summed E-state index contributed by atoms with van der Waals surface area (Å²) in [7, 11) is 0. The summed E-state index contributed by atoms with van der Waals surface area (Å²) in [6.45, 7) is -1.25. The molecule has 0 radical (unpaired) electrons. The molecule has 0 aliphatic carbocycles. The molecule has 1 N–H and O–H groups in total. The highest BCUT2D eigenvalue weighted by molar-refractivity contribution is 5.46. The van der Waals surface area contributed by atoms with Crippen molar-refractivity contribution in [3.05, 3.63) is 33.1 Å². The van der Waals surface area contributed by atoms with E-state index in [1.807, 2.05) is 0 Å². The molecule has 0 aliphatic rings. The number of pyridine rings is 1. The Bertz CT molecular complexity index is 475. The highest BCUT2D eigenvalue weighted by Crippen LogP contribution is 2.36. The van der Waals surface area contributed by atoms with Gasteiger partial charge in [-0.3, -0.25) is 10.1 Å². The maximum Gasteiger partial charge on any atom is 0.433 e. The minimum Gasteiger partial charge on any atom is -0.390 e. The molecule has 0 amide bonds. The van der Waals surface area contributed by atoms with Gasteiger partial charge in [-0.2, -0.15) is 13.2 Å². The molecule has 0 aromatic carbocycles. The van der Waals surface area contributed by atoms with Gasteiger partial charge in [-0.25, -0.2) is 13.8 Å². The van der Waals surface area contributed by atoms with E-state index in [-0.39, 0.29) is 6.07 Å². The van der Waals surface area contributed by atoms with Gasteiger partial charge in [-0.05, 0) is 6.07 Å². The molecule has 10 heteroatoms. The van der Waals surface area contributed by atoms with E-state index in [1.54, 1.807) is 0 Å². The summed E-state index contributed by atoms with van der Waals surface area (Å²) in [4.78, 5) is 12.0. The van der Waals surface area contributed by atoms with Gasteiger partial charge in [-0.1, -0.05) is 0 Å². The molecule has 0 bridgehead atoms. The van der Waals surface area contributed by atoms with Crippen LogP contribution >= 0.6 is 0 Å². The number of nitrogens with zero attached hydrogens (tertiary/aromatic N) is 2. The number of hydrogen-bond donors (Lipinski definition) is 1. The van der Waals surface area contributed by atoms with Gasteiger partial charge in [0.1, 0.15) is 11.4 Å². The fourth-order valence-electron chi connectivity index (χ4n) is 1.25. The van der Waals surface area contributed by atoms with Crippen molar-refractivity contribution < 1.29 is 32.0 Å². The Morgan fingerprint density at radius 3 is 2.33 bits per heavy atom. The summed E-state index contributed by atoms with van der Waals surface area (Å²) >= 11 is 0. The number of aliphatic hydroxyl groups excluding tert-OH is 1. The van der Waals surface area contributed by atoms with Gasteiger partial charge in [-0.15, -0.1) is 0 Å². The second-order valence-electron chi connectivity index (χ2n) is 3.11. The van der Waals surface area contributed by atoms with Crippen LogP contribution in [0.25, 0.3) is 0 Å². The highest BCUT2D eigenvalue weighted by Gasteiger charge is 2.37. The minimum atomic E-state index is -5.04. The molecule has 1 aromatic heterocycles. The molecule has 0 saturated carbocycles. The molecule has 0 saturated heterocycles. The molecule has 5 nitrogen and oxygen atoms in total.